The van der Waals surface area contributed by atoms with Crippen molar-refractivity contribution in [3.05, 3.63) is 5.82 Å². The van der Waals surface area contributed by atoms with Gasteiger partial charge in [-0.3, -0.25) is 0 Å². The van der Waals surface area contributed by atoms with E-state index in [1.165, 1.54) is 19.3 Å². The highest BCUT2D eigenvalue weighted by Crippen LogP contribution is 2.14. The first-order valence-corrected chi connectivity index (χ1v) is 6.08. The highest BCUT2D eigenvalue weighted by atomic mass is 16.5. The van der Waals surface area contributed by atoms with Crippen molar-refractivity contribution in [2.24, 2.45) is 0 Å². The van der Waals surface area contributed by atoms with Crippen molar-refractivity contribution in [2.75, 3.05) is 24.5 Å². The lowest BCUT2D eigenvalue weighted by molar-refractivity contribution is 0.374. The first kappa shape index (κ1) is 11.4. The molecule has 1 atom stereocenters. The molecule has 0 amide bonds. The van der Waals surface area contributed by atoms with Crippen LogP contribution in [-0.4, -0.2) is 35.8 Å². The maximum atomic E-state index is 5.20. The molecule has 1 aliphatic rings. The summed E-state index contributed by atoms with van der Waals surface area (Å²) < 4.78 is 5.20. The number of aromatic nitrogens is 2. The monoisotopic (exact) mass is 224 g/mol. The smallest absolute Gasteiger partial charge is 0.323 e. The van der Waals surface area contributed by atoms with Crippen LogP contribution < -0.4 is 10.2 Å². The van der Waals surface area contributed by atoms with E-state index in [0.717, 1.165) is 19.6 Å². The average Bonchev–Trinajstić information content (AvgIpc) is 2.74. The molecule has 16 heavy (non-hydrogen) atoms. The SMILES string of the molecule is CCN(CC1CCCCN1)c1nc(C)no1. The van der Waals surface area contributed by atoms with Gasteiger partial charge in [-0.15, -0.1) is 0 Å². The van der Waals surface area contributed by atoms with Crippen LogP contribution in [0.15, 0.2) is 4.52 Å². The Bertz CT molecular complexity index is 320. The second kappa shape index (κ2) is 5.30. The molecule has 1 saturated heterocycles. The first-order valence-electron chi connectivity index (χ1n) is 6.08. The van der Waals surface area contributed by atoms with E-state index in [-0.39, 0.29) is 0 Å². The Kier molecular flexibility index (Phi) is 3.77. The van der Waals surface area contributed by atoms with Gasteiger partial charge < -0.3 is 14.7 Å². The number of nitrogens with zero attached hydrogens (tertiary/aromatic N) is 3. The van der Waals surface area contributed by atoms with Crippen LogP contribution >= 0.6 is 0 Å². The lowest BCUT2D eigenvalue weighted by atomic mass is 10.0. The minimum absolute atomic E-state index is 0.556. The molecule has 90 valence electrons. The number of anilines is 1. The van der Waals surface area contributed by atoms with Crippen LogP contribution in [-0.2, 0) is 0 Å². The Morgan fingerprint density at radius 2 is 2.38 bits per heavy atom. The van der Waals surface area contributed by atoms with Crippen LogP contribution in [0.2, 0.25) is 0 Å². The van der Waals surface area contributed by atoms with Crippen LogP contribution in [0.4, 0.5) is 6.01 Å². The Hall–Kier alpha value is -1.10. The molecule has 2 heterocycles. The van der Waals surface area contributed by atoms with E-state index in [4.69, 9.17) is 4.52 Å². The summed E-state index contributed by atoms with van der Waals surface area (Å²) in [5.41, 5.74) is 0. The summed E-state index contributed by atoms with van der Waals surface area (Å²) in [6, 6.07) is 1.20. The topological polar surface area (TPSA) is 54.2 Å². The first-order chi connectivity index (χ1) is 7.79. The van der Waals surface area contributed by atoms with Crippen LogP contribution in [0.1, 0.15) is 32.0 Å². The molecule has 1 fully saturated rings. The fourth-order valence-corrected chi connectivity index (χ4v) is 2.10. The van der Waals surface area contributed by atoms with Gasteiger partial charge in [0, 0.05) is 19.1 Å². The molecule has 1 N–H and O–H groups in total. The molecule has 5 nitrogen and oxygen atoms in total. The minimum Gasteiger partial charge on any atom is -0.323 e. The lowest BCUT2D eigenvalue weighted by Gasteiger charge is -2.28. The normalized spacial score (nSPS) is 21.0. The molecule has 1 aliphatic heterocycles. The molecule has 0 saturated carbocycles. The molecule has 1 aromatic rings. The van der Waals surface area contributed by atoms with Gasteiger partial charge in [-0.2, -0.15) is 4.98 Å². The number of hydrogen-bond acceptors (Lipinski definition) is 5. The second-order valence-corrected chi connectivity index (χ2v) is 4.31. The summed E-state index contributed by atoms with van der Waals surface area (Å²) in [4.78, 5) is 6.41. The largest absolute Gasteiger partial charge is 0.324 e. The third kappa shape index (κ3) is 2.72. The fraction of sp³-hybridized carbons (Fsp3) is 0.818. The molecular weight excluding hydrogens is 204 g/mol. The minimum atomic E-state index is 0.556. The molecule has 5 heteroatoms. The summed E-state index contributed by atoms with van der Waals surface area (Å²) in [7, 11) is 0. The summed E-state index contributed by atoms with van der Waals surface area (Å²) in [6.07, 6.45) is 3.85. The van der Waals surface area contributed by atoms with Crippen molar-refractivity contribution in [1.82, 2.24) is 15.5 Å². The van der Waals surface area contributed by atoms with Gasteiger partial charge in [-0.25, -0.2) is 0 Å². The zero-order chi connectivity index (χ0) is 11.4. The zero-order valence-corrected chi connectivity index (χ0v) is 10.1. The van der Waals surface area contributed by atoms with Gasteiger partial charge in [0.05, 0.1) is 0 Å². The second-order valence-electron chi connectivity index (χ2n) is 4.31. The maximum absolute atomic E-state index is 5.20. The molecular formula is C11H20N4O. The van der Waals surface area contributed by atoms with E-state index in [1.807, 2.05) is 6.92 Å². The number of rotatable bonds is 4. The fourth-order valence-electron chi connectivity index (χ4n) is 2.10. The molecule has 0 aromatic carbocycles. The molecule has 1 unspecified atom stereocenters. The van der Waals surface area contributed by atoms with E-state index in [0.29, 0.717) is 17.9 Å². The third-order valence-corrected chi connectivity index (χ3v) is 3.02. The van der Waals surface area contributed by atoms with Crippen molar-refractivity contribution in [3.63, 3.8) is 0 Å². The Labute approximate surface area is 96.2 Å². The van der Waals surface area contributed by atoms with Crippen LogP contribution in [0, 0.1) is 6.92 Å². The summed E-state index contributed by atoms with van der Waals surface area (Å²) in [6.45, 7) is 6.95. The Morgan fingerprint density at radius 1 is 1.50 bits per heavy atom. The Morgan fingerprint density at radius 3 is 2.94 bits per heavy atom. The predicted molar refractivity (Wildman–Crippen MR) is 62.6 cm³/mol. The lowest BCUT2D eigenvalue weighted by Crippen LogP contribution is -2.43. The van der Waals surface area contributed by atoms with Gasteiger partial charge in [0.2, 0.25) is 0 Å². The predicted octanol–water partition coefficient (Wildman–Crippen LogP) is 1.35. The highest BCUT2D eigenvalue weighted by molar-refractivity contribution is 5.24. The van der Waals surface area contributed by atoms with Crippen LogP contribution in [0.5, 0.6) is 0 Å². The molecule has 1 aromatic heterocycles. The number of aryl methyl sites for hydroxylation is 1. The van der Waals surface area contributed by atoms with Gasteiger partial charge in [0.15, 0.2) is 5.82 Å². The highest BCUT2D eigenvalue weighted by Gasteiger charge is 2.19. The van der Waals surface area contributed by atoms with Crippen molar-refractivity contribution in [3.8, 4) is 0 Å². The standard InChI is InChI=1S/C11H20N4O/c1-3-15(11-13-9(2)14-16-11)8-10-6-4-5-7-12-10/h10,12H,3-8H2,1-2H3. The van der Waals surface area contributed by atoms with Gasteiger partial charge >= 0.3 is 6.01 Å². The van der Waals surface area contributed by atoms with E-state index in [2.05, 4.69) is 27.3 Å². The molecule has 2 rings (SSSR count). The molecule has 0 spiro atoms. The van der Waals surface area contributed by atoms with E-state index in [1.54, 1.807) is 0 Å². The van der Waals surface area contributed by atoms with E-state index >= 15 is 0 Å². The van der Waals surface area contributed by atoms with E-state index < -0.39 is 0 Å². The van der Waals surface area contributed by atoms with Gasteiger partial charge in [-0.1, -0.05) is 11.6 Å². The molecule has 0 radical (unpaired) electrons. The molecule has 0 bridgehead atoms. The maximum Gasteiger partial charge on any atom is 0.324 e. The van der Waals surface area contributed by atoms with Crippen molar-refractivity contribution in [1.29, 1.82) is 0 Å². The van der Waals surface area contributed by atoms with Crippen molar-refractivity contribution in [2.45, 2.75) is 39.2 Å². The third-order valence-electron chi connectivity index (χ3n) is 3.02. The van der Waals surface area contributed by atoms with Gasteiger partial charge in [-0.05, 0) is 33.2 Å². The Balaban J connectivity index is 1.94. The summed E-state index contributed by atoms with van der Waals surface area (Å²) in [5.74, 6) is 0.699. The quantitative estimate of drug-likeness (QED) is 0.836. The van der Waals surface area contributed by atoms with Gasteiger partial charge in [0.25, 0.3) is 0 Å². The zero-order valence-electron chi connectivity index (χ0n) is 10.1. The van der Waals surface area contributed by atoms with Crippen molar-refractivity contribution >= 4 is 6.01 Å². The number of piperidine rings is 1. The molecule has 0 aliphatic carbocycles. The van der Waals surface area contributed by atoms with Gasteiger partial charge in [0.1, 0.15) is 0 Å². The number of likely N-dealkylation sites (N-methyl/N-ethyl adjacent to an activating group) is 1. The number of nitrogens with one attached hydrogen (secondary N) is 1. The van der Waals surface area contributed by atoms with Crippen molar-refractivity contribution < 1.29 is 4.52 Å². The van der Waals surface area contributed by atoms with Crippen LogP contribution in [0.3, 0.4) is 0 Å². The van der Waals surface area contributed by atoms with Crippen LogP contribution in [0.25, 0.3) is 0 Å². The number of hydrogen-bond donors (Lipinski definition) is 1. The summed E-state index contributed by atoms with van der Waals surface area (Å²) >= 11 is 0. The summed E-state index contributed by atoms with van der Waals surface area (Å²) in [5, 5.41) is 7.36. The van der Waals surface area contributed by atoms with E-state index in [9.17, 15) is 0 Å². The average molecular weight is 224 g/mol.